The number of hydrogen-bond donors (Lipinski definition) is 0. The van der Waals surface area contributed by atoms with Crippen LogP contribution in [0.3, 0.4) is 0 Å². The molecule has 0 N–H and O–H groups in total. The highest BCUT2D eigenvalue weighted by Crippen LogP contribution is 2.14. The van der Waals surface area contributed by atoms with Crippen LogP contribution >= 0.6 is 0 Å². The summed E-state index contributed by atoms with van der Waals surface area (Å²) in [6.45, 7) is 4.69. The maximum Gasteiger partial charge on any atom is 0.331 e. The summed E-state index contributed by atoms with van der Waals surface area (Å²) in [4.78, 5) is 24.0. The van der Waals surface area contributed by atoms with Crippen LogP contribution in [0.15, 0.2) is 60.7 Å². The van der Waals surface area contributed by atoms with Gasteiger partial charge in [-0.25, -0.2) is 9.59 Å². The molecule has 0 heterocycles. The van der Waals surface area contributed by atoms with E-state index in [1.807, 2.05) is 36.4 Å². The first kappa shape index (κ1) is 23.4. The van der Waals surface area contributed by atoms with E-state index in [4.69, 9.17) is 9.47 Å². The van der Waals surface area contributed by atoms with Crippen molar-refractivity contribution in [3.8, 4) is 0 Å². The molecule has 0 atom stereocenters. The van der Waals surface area contributed by atoms with Gasteiger partial charge in [-0.3, -0.25) is 0 Å². The van der Waals surface area contributed by atoms with Crippen molar-refractivity contribution >= 4 is 11.9 Å². The zero-order valence-electron chi connectivity index (χ0n) is 18.1. The number of benzene rings is 2. The number of hydrogen-bond acceptors (Lipinski definition) is 4. The van der Waals surface area contributed by atoms with Gasteiger partial charge in [-0.05, 0) is 47.9 Å². The number of carbonyl (C=O) groups excluding carboxylic acids is 2. The molecule has 2 aromatic carbocycles. The lowest BCUT2D eigenvalue weighted by Crippen LogP contribution is -2.06. The van der Waals surface area contributed by atoms with E-state index in [1.54, 1.807) is 0 Å². The zero-order chi connectivity index (χ0) is 21.6. The van der Waals surface area contributed by atoms with Gasteiger partial charge in [-0.15, -0.1) is 0 Å². The predicted octanol–water partition coefficient (Wildman–Crippen LogP) is 5.71. The molecular weight excluding hydrogens is 376 g/mol. The van der Waals surface area contributed by atoms with Gasteiger partial charge in [0.25, 0.3) is 0 Å². The monoisotopic (exact) mass is 408 g/mol. The molecule has 0 spiro atoms. The number of esters is 2. The molecule has 4 heteroatoms. The van der Waals surface area contributed by atoms with Crippen molar-refractivity contribution in [3.05, 3.63) is 82.9 Å². The van der Waals surface area contributed by atoms with Gasteiger partial charge in [0.15, 0.2) is 0 Å². The van der Waals surface area contributed by atoms with E-state index in [0.717, 1.165) is 61.8 Å². The van der Waals surface area contributed by atoms with Gasteiger partial charge >= 0.3 is 11.9 Å². The van der Waals surface area contributed by atoms with E-state index in [-0.39, 0.29) is 13.2 Å². The Labute approximate surface area is 179 Å². The third kappa shape index (κ3) is 8.24. The lowest BCUT2D eigenvalue weighted by molar-refractivity contribution is -0.141. The van der Waals surface area contributed by atoms with Crippen molar-refractivity contribution in [2.24, 2.45) is 0 Å². The second-order valence-corrected chi connectivity index (χ2v) is 7.29. The van der Waals surface area contributed by atoms with Gasteiger partial charge in [0.1, 0.15) is 13.2 Å². The van der Waals surface area contributed by atoms with Crippen LogP contribution in [0.4, 0.5) is 0 Å². The highest BCUT2D eigenvalue weighted by atomic mass is 16.5. The van der Waals surface area contributed by atoms with Crippen LogP contribution < -0.4 is 0 Å². The Kier molecular flexibility index (Phi) is 10.4. The fourth-order valence-corrected chi connectivity index (χ4v) is 3.15. The summed E-state index contributed by atoms with van der Waals surface area (Å²) in [6.07, 6.45) is 8.60. The molecular formula is C26H32O4. The normalized spacial score (nSPS) is 10.9. The SMILES string of the molecule is CCCCc1ccccc1COC(=O)/C=C\C(=O)OCc1ccccc1CCCC. The number of aryl methyl sites for hydroxylation is 2. The van der Waals surface area contributed by atoms with Crippen LogP contribution in [-0.2, 0) is 45.1 Å². The molecule has 0 aliphatic heterocycles. The molecule has 4 nitrogen and oxygen atoms in total. The molecule has 0 unspecified atom stereocenters. The Morgan fingerprint density at radius 1 is 0.667 bits per heavy atom. The molecule has 0 saturated heterocycles. The first-order valence-corrected chi connectivity index (χ1v) is 10.8. The Bertz CT molecular complexity index is 769. The van der Waals surface area contributed by atoms with E-state index >= 15 is 0 Å². The standard InChI is InChI=1S/C26H32O4/c1-3-5-11-21-13-7-9-15-23(21)19-29-25(27)17-18-26(28)30-20-24-16-10-8-14-22(24)12-6-4-2/h7-10,13-18H,3-6,11-12,19-20H2,1-2H3/b18-17-. The van der Waals surface area contributed by atoms with Gasteiger partial charge in [0.05, 0.1) is 0 Å². The summed E-state index contributed by atoms with van der Waals surface area (Å²) in [5.41, 5.74) is 4.38. The van der Waals surface area contributed by atoms with Gasteiger partial charge < -0.3 is 9.47 Å². The Balaban J connectivity index is 1.81. The molecule has 160 valence electrons. The maximum atomic E-state index is 12.0. The van der Waals surface area contributed by atoms with Gasteiger partial charge in [0.2, 0.25) is 0 Å². The average Bonchev–Trinajstić information content (AvgIpc) is 2.78. The topological polar surface area (TPSA) is 52.6 Å². The summed E-state index contributed by atoms with van der Waals surface area (Å²) in [5.74, 6) is -1.11. The van der Waals surface area contributed by atoms with Crippen LogP contribution in [0.2, 0.25) is 0 Å². The highest BCUT2D eigenvalue weighted by molar-refractivity contribution is 5.91. The fraction of sp³-hybridized carbons (Fsp3) is 0.385. The van der Waals surface area contributed by atoms with Crippen molar-refractivity contribution in [2.45, 2.75) is 65.6 Å². The van der Waals surface area contributed by atoms with Crippen molar-refractivity contribution in [1.82, 2.24) is 0 Å². The summed E-state index contributed by atoms with van der Waals surface area (Å²) < 4.78 is 10.6. The van der Waals surface area contributed by atoms with Crippen molar-refractivity contribution < 1.29 is 19.1 Å². The quantitative estimate of drug-likeness (QED) is 0.333. The van der Waals surface area contributed by atoms with E-state index in [9.17, 15) is 9.59 Å². The zero-order valence-corrected chi connectivity index (χ0v) is 18.1. The molecule has 2 rings (SSSR count). The van der Waals surface area contributed by atoms with E-state index < -0.39 is 11.9 Å². The third-order valence-electron chi connectivity index (χ3n) is 4.93. The summed E-state index contributed by atoms with van der Waals surface area (Å²) in [7, 11) is 0. The first-order chi connectivity index (χ1) is 14.6. The fourth-order valence-electron chi connectivity index (χ4n) is 3.15. The maximum absolute atomic E-state index is 12.0. The molecule has 0 aromatic heterocycles. The molecule has 0 aliphatic carbocycles. The highest BCUT2D eigenvalue weighted by Gasteiger charge is 2.07. The number of unbranched alkanes of at least 4 members (excludes halogenated alkanes) is 2. The average molecular weight is 409 g/mol. The van der Waals surface area contributed by atoms with E-state index in [2.05, 4.69) is 26.0 Å². The third-order valence-corrected chi connectivity index (χ3v) is 4.93. The first-order valence-electron chi connectivity index (χ1n) is 10.8. The summed E-state index contributed by atoms with van der Waals surface area (Å²) in [6, 6.07) is 15.9. The van der Waals surface area contributed by atoms with Crippen LogP contribution in [0.5, 0.6) is 0 Å². The van der Waals surface area contributed by atoms with Gasteiger partial charge in [0, 0.05) is 12.2 Å². The minimum absolute atomic E-state index is 0.197. The van der Waals surface area contributed by atoms with Crippen LogP contribution in [0, 0.1) is 0 Å². The second kappa shape index (κ2) is 13.4. The molecule has 0 bridgehead atoms. The summed E-state index contributed by atoms with van der Waals surface area (Å²) >= 11 is 0. The Morgan fingerprint density at radius 2 is 1.03 bits per heavy atom. The van der Waals surface area contributed by atoms with Crippen LogP contribution in [-0.4, -0.2) is 11.9 Å². The van der Waals surface area contributed by atoms with Crippen molar-refractivity contribution in [2.75, 3.05) is 0 Å². The molecule has 2 aromatic rings. The molecule has 0 aliphatic rings. The Morgan fingerprint density at radius 3 is 1.40 bits per heavy atom. The van der Waals surface area contributed by atoms with Gasteiger partial charge in [-0.2, -0.15) is 0 Å². The molecule has 30 heavy (non-hydrogen) atoms. The molecule has 0 amide bonds. The lowest BCUT2D eigenvalue weighted by Gasteiger charge is -2.09. The number of carbonyl (C=O) groups is 2. The number of rotatable bonds is 12. The lowest BCUT2D eigenvalue weighted by atomic mass is 10.0. The van der Waals surface area contributed by atoms with Crippen molar-refractivity contribution in [1.29, 1.82) is 0 Å². The Hall–Kier alpha value is -2.88. The van der Waals surface area contributed by atoms with E-state index in [0.29, 0.717) is 0 Å². The molecule has 0 saturated carbocycles. The molecule has 0 radical (unpaired) electrons. The smallest absolute Gasteiger partial charge is 0.331 e. The van der Waals surface area contributed by atoms with Gasteiger partial charge in [-0.1, -0.05) is 75.2 Å². The molecule has 0 fully saturated rings. The minimum Gasteiger partial charge on any atom is -0.458 e. The van der Waals surface area contributed by atoms with E-state index in [1.165, 1.54) is 11.1 Å². The second-order valence-electron chi connectivity index (χ2n) is 7.29. The van der Waals surface area contributed by atoms with Crippen LogP contribution in [0.1, 0.15) is 61.8 Å². The van der Waals surface area contributed by atoms with Crippen LogP contribution in [0.25, 0.3) is 0 Å². The van der Waals surface area contributed by atoms with Crippen molar-refractivity contribution in [3.63, 3.8) is 0 Å². The predicted molar refractivity (Wildman–Crippen MR) is 119 cm³/mol. The minimum atomic E-state index is -0.555. The summed E-state index contributed by atoms with van der Waals surface area (Å²) in [5, 5.41) is 0. The largest absolute Gasteiger partial charge is 0.458 e. The number of ether oxygens (including phenoxy) is 2.